The Balaban J connectivity index is 0.00000272. The van der Waals surface area contributed by atoms with Crippen molar-refractivity contribution in [3.63, 3.8) is 0 Å². The first-order chi connectivity index (χ1) is 14.6. The van der Waals surface area contributed by atoms with Gasteiger partial charge >= 0.3 is 121 Å². The molecule has 0 atom stereocenters. The van der Waals surface area contributed by atoms with Crippen LogP contribution in [0.2, 0.25) is 0 Å². The second-order valence-electron chi connectivity index (χ2n) is 7.99. The quantitative estimate of drug-likeness (QED) is 0.254. The number of hydrogen-bond donors (Lipinski definition) is 0. The summed E-state index contributed by atoms with van der Waals surface area (Å²) in [7, 11) is 0. The van der Waals surface area contributed by atoms with E-state index < -0.39 is 18.1 Å². The zero-order valence-electron chi connectivity index (χ0n) is 20.7. The van der Waals surface area contributed by atoms with E-state index in [1.165, 1.54) is 25.7 Å². The standard InChI is InChI=1S/C23H24N2O5.2K.2H/c26-21(17-3-1-13-24-19(17)11-9-15-5-6-15)29-23(28)30-22(27)18-4-2-14-25-20(18)12-10-16-7-8-16;;;;/h1-4,13-16H,5-12H2;;;;/q;2*+1;2*-1. The number of carbonyl (C=O) groups is 3. The van der Waals surface area contributed by atoms with Crippen LogP contribution in [0.3, 0.4) is 0 Å². The van der Waals surface area contributed by atoms with Crippen LogP contribution in [0.1, 0.15) is 73.5 Å². The molecule has 2 saturated carbocycles. The van der Waals surface area contributed by atoms with E-state index in [1.54, 1.807) is 36.7 Å². The van der Waals surface area contributed by atoms with Crippen LogP contribution in [0.15, 0.2) is 36.7 Å². The average molecular weight is 489 g/mol. The van der Waals surface area contributed by atoms with Gasteiger partial charge in [0.15, 0.2) is 0 Å². The molecule has 2 fully saturated rings. The van der Waals surface area contributed by atoms with Crippen molar-refractivity contribution in [1.29, 1.82) is 0 Å². The van der Waals surface area contributed by atoms with E-state index in [0.29, 0.717) is 36.1 Å². The van der Waals surface area contributed by atoms with Crippen LogP contribution in [0.25, 0.3) is 0 Å². The Morgan fingerprint density at radius 3 is 1.56 bits per heavy atom. The molecule has 2 aromatic heterocycles. The van der Waals surface area contributed by atoms with Crippen LogP contribution in [0.5, 0.6) is 0 Å². The molecule has 2 heterocycles. The summed E-state index contributed by atoms with van der Waals surface area (Å²) in [6.45, 7) is 0. The molecule has 2 aliphatic rings. The Morgan fingerprint density at radius 2 is 1.19 bits per heavy atom. The molecule has 32 heavy (non-hydrogen) atoms. The molecule has 0 N–H and O–H groups in total. The molecular weight excluding hydrogens is 462 g/mol. The van der Waals surface area contributed by atoms with E-state index in [0.717, 1.165) is 12.8 Å². The molecule has 0 radical (unpaired) electrons. The maximum absolute atomic E-state index is 12.4. The normalized spacial score (nSPS) is 14.5. The van der Waals surface area contributed by atoms with Crippen LogP contribution in [0, 0.1) is 11.8 Å². The summed E-state index contributed by atoms with van der Waals surface area (Å²) in [5, 5.41) is 0. The monoisotopic (exact) mass is 488 g/mol. The van der Waals surface area contributed by atoms with Crippen LogP contribution < -0.4 is 103 Å². The smallest absolute Gasteiger partial charge is 1.00 e. The number of pyridine rings is 2. The Kier molecular flexibility index (Phi) is 12.4. The van der Waals surface area contributed by atoms with Crippen molar-refractivity contribution in [3.8, 4) is 0 Å². The number of nitrogens with zero attached hydrogens (tertiary/aromatic N) is 2. The summed E-state index contributed by atoms with van der Waals surface area (Å²) in [5.41, 5.74) is 1.61. The summed E-state index contributed by atoms with van der Waals surface area (Å²) in [5.74, 6) is -0.363. The minimum absolute atomic E-state index is 0. The van der Waals surface area contributed by atoms with Crippen molar-refractivity contribution in [2.75, 3.05) is 0 Å². The van der Waals surface area contributed by atoms with E-state index in [-0.39, 0.29) is 117 Å². The summed E-state index contributed by atoms with van der Waals surface area (Å²) in [6, 6.07) is 6.33. The van der Waals surface area contributed by atoms with Gasteiger partial charge in [0, 0.05) is 12.4 Å². The molecule has 0 bridgehead atoms. The van der Waals surface area contributed by atoms with Crippen LogP contribution in [-0.2, 0) is 22.3 Å². The zero-order valence-corrected chi connectivity index (χ0v) is 25.0. The number of ether oxygens (including phenoxy) is 2. The average Bonchev–Trinajstić information content (AvgIpc) is 3.66. The molecule has 9 heteroatoms. The van der Waals surface area contributed by atoms with E-state index in [4.69, 9.17) is 9.47 Å². The second kappa shape index (κ2) is 13.9. The SMILES string of the molecule is O=C(OC(=O)c1cccnc1CCC1CC1)OC(=O)c1cccnc1CCC1CC1.[H-].[H-].[K+].[K+]. The largest absolute Gasteiger partial charge is 1.00 e. The van der Waals surface area contributed by atoms with Gasteiger partial charge < -0.3 is 12.3 Å². The Morgan fingerprint density at radius 1 is 0.781 bits per heavy atom. The molecule has 0 aromatic carbocycles. The molecule has 2 aliphatic carbocycles. The summed E-state index contributed by atoms with van der Waals surface area (Å²) < 4.78 is 9.52. The molecule has 0 amide bonds. The van der Waals surface area contributed by atoms with Crippen molar-refractivity contribution < 1.29 is 129 Å². The summed E-state index contributed by atoms with van der Waals surface area (Å²) >= 11 is 0. The van der Waals surface area contributed by atoms with Gasteiger partial charge in [0.1, 0.15) is 0 Å². The first-order valence-electron chi connectivity index (χ1n) is 10.5. The maximum Gasteiger partial charge on any atom is 1.00 e. The van der Waals surface area contributed by atoms with Gasteiger partial charge in [-0.3, -0.25) is 9.97 Å². The first kappa shape index (κ1) is 28.4. The van der Waals surface area contributed by atoms with Gasteiger partial charge in [0.05, 0.1) is 22.5 Å². The van der Waals surface area contributed by atoms with Gasteiger partial charge in [0.2, 0.25) is 0 Å². The third-order valence-electron chi connectivity index (χ3n) is 5.54. The molecule has 0 aliphatic heterocycles. The van der Waals surface area contributed by atoms with Crippen LogP contribution in [0.4, 0.5) is 4.79 Å². The van der Waals surface area contributed by atoms with Crippen LogP contribution >= 0.6 is 0 Å². The first-order valence-corrected chi connectivity index (χ1v) is 10.5. The van der Waals surface area contributed by atoms with Gasteiger partial charge in [-0.25, -0.2) is 14.4 Å². The minimum atomic E-state index is -1.35. The third kappa shape index (κ3) is 8.76. The van der Waals surface area contributed by atoms with Gasteiger partial charge in [-0.15, -0.1) is 0 Å². The fourth-order valence-corrected chi connectivity index (χ4v) is 3.42. The molecular formula is C23H26K2N2O5. The topological polar surface area (TPSA) is 95.5 Å². The van der Waals surface area contributed by atoms with Gasteiger partial charge in [-0.2, -0.15) is 0 Å². The number of esters is 2. The van der Waals surface area contributed by atoms with Gasteiger partial charge in [-0.1, -0.05) is 25.7 Å². The predicted molar refractivity (Wildman–Crippen MR) is 109 cm³/mol. The molecule has 0 spiro atoms. The van der Waals surface area contributed by atoms with Crippen molar-refractivity contribution >= 4 is 18.1 Å². The third-order valence-corrected chi connectivity index (χ3v) is 5.54. The predicted octanol–water partition coefficient (Wildman–Crippen LogP) is -1.47. The zero-order chi connectivity index (χ0) is 20.9. The van der Waals surface area contributed by atoms with Gasteiger partial charge in [-0.05, 0) is 61.8 Å². The molecule has 2 aromatic rings. The Labute approximate surface area is 275 Å². The minimum Gasteiger partial charge on any atom is -1.00 e. The number of carbonyl (C=O) groups excluding carboxylic acids is 3. The van der Waals surface area contributed by atoms with Crippen molar-refractivity contribution in [1.82, 2.24) is 9.97 Å². The molecule has 160 valence electrons. The Hall–Kier alpha value is 0.183. The number of rotatable bonds is 8. The van der Waals surface area contributed by atoms with Gasteiger partial charge in [0.25, 0.3) is 0 Å². The number of hydrogen-bond acceptors (Lipinski definition) is 7. The number of aromatic nitrogens is 2. The van der Waals surface area contributed by atoms with Crippen molar-refractivity contribution in [3.05, 3.63) is 59.2 Å². The second-order valence-corrected chi connectivity index (χ2v) is 7.99. The molecule has 7 nitrogen and oxygen atoms in total. The fourth-order valence-electron chi connectivity index (χ4n) is 3.42. The van der Waals surface area contributed by atoms with Crippen molar-refractivity contribution in [2.45, 2.75) is 51.4 Å². The molecule has 4 rings (SSSR count). The van der Waals surface area contributed by atoms with E-state index in [1.807, 2.05) is 0 Å². The summed E-state index contributed by atoms with van der Waals surface area (Å²) in [6.07, 6.45) is 9.87. The molecule has 0 unspecified atom stereocenters. The Bertz CT molecular complexity index is 896. The molecule has 0 saturated heterocycles. The maximum atomic E-state index is 12.4. The van der Waals surface area contributed by atoms with E-state index >= 15 is 0 Å². The van der Waals surface area contributed by atoms with Crippen molar-refractivity contribution in [2.24, 2.45) is 11.8 Å². The number of aryl methyl sites for hydroxylation is 2. The summed E-state index contributed by atoms with van der Waals surface area (Å²) in [4.78, 5) is 45.4. The van der Waals surface area contributed by atoms with Crippen LogP contribution in [-0.4, -0.2) is 28.1 Å². The fraction of sp³-hybridized carbons (Fsp3) is 0.435. The van der Waals surface area contributed by atoms with E-state index in [9.17, 15) is 14.4 Å². The van der Waals surface area contributed by atoms with E-state index in [2.05, 4.69) is 9.97 Å².